The number of halogens is 1. The molecule has 18 heavy (non-hydrogen) atoms. The van der Waals surface area contributed by atoms with Crippen LogP contribution in [-0.4, -0.2) is 41.6 Å². The van der Waals surface area contributed by atoms with E-state index in [-0.39, 0.29) is 0 Å². The molecule has 0 saturated carbocycles. The van der Waals surface area contributed by atoms with Gasteiger partial charge in [0.15, 0.2) is 5.82 Å². The maximum Gasteiger partial charge on any atom is 0.152 e. The Morgan fingerprint density at radius 3 is 3.06 bits per heavy atom. The fraction of sp³-hybridized carbons (Fsp3) is 0.615. The Hall–Kier alpha value is -1.00. The summed E-state index contributed by atoms with van der Waals surface area (Å²) in [4.78, 5) is 9.34. The molecule has 0 spiro atoms. The van der Waals surface area contributed by atoms with Crippen molar-refractivity contribution in [2.24, 2.45) is 0 Å². The number of aromatic nitrogens is 1. The highest BCUT2D eigenvalue weighted by molar-refractivity contribution is 6.30. The number of nitrogen functional groups attached to an aromatic ring is 1. The molecule has 0 aromatic carbocycles. The number of piperazine rings is 1. The molecule has 0 aliphatic carbocycles. The molecule has 0 amide bonds. The van der Waals surface area contributed by atoms with Gasteiger partial charge in [-0.1, -0.05) is 11.6 Å². The van der Waals surface area contributed by atoms with Crippen LogP contribution >= 0.6 is 11.6 Å². The van der Waals surface area contributed by atoms with Gasteiger partial charge in [-0.05, 0) is 32.4 Å². The van der Waals surface area contributed by atoms with E-state index in [0.717, 1.165) is 18.9 Å². The van der Waals surface area contributed by atoms with Crippen molar-refractivity contribution < 1.29 is 0 Å². The van der Waals surface area contributed by atoms with Crippen molar-refractivity contribution >= 4 is 23.1 Å². The van der Waals surface area contributed by atoms with Crippen LogP contribution in [0.5, 0.6) is 0 Å². The van der Waals surface area contributed by atoms with Crippen molar-refractivity contribution in [3.05, 3.63) is 17.3 Å². The van der Waals surface area contributed by atoms with Gasteiger partial charge < -0.3 is 10.6 Å². The zero-order valence-corrected chi connectivity index (χ0v) is 11.4. The van der Waals surface area contributed by atoms with Crippen molar-refractivity contribution in [1.29, 1.82) is 0 Å². The van der Waals surface area contributed by atoms with Crippen LogP contribution in [-0.2, 0) is 0 Å². The monoisotopic (exact) mass is 266 g/mol. The summed E-state index contributed by atoms with van der Waals surface area (Å²) in [5, 5.41) is 0.600. The second-order valence-corrected chi connectivity index (χ2v) is 5.80. The molecule has 2 N–H and O–H groups in total. The predicted molar refractivity (Wildman–Crippen MR) is 75.1 cm³/mol. The molecule has 2 aliphatic rings. The fourth-order valence-electron chi connectivity index (χ4n) is 3.17. The maximum atomic E-state index is 6.05. The normalized spacial score (nSPS) is 28.4. The van der Waals surface area contributed by atoms with E-state index in [9.17, 15) is 0 Å². The molecule has 2 atom stereocenters. The van der Waals surface area contributed by atoms with Gasteiger partial charge in [-0.3, -0.25) is 4.90 Å². The summed E-state index contributed by atoms with van der Waals surface area (Å²) < 4.78 is 0. The molecule has 3 heterocycles. The lowest BCUT2D eigenvalue weighted by Gasteiger charge is -2.43. The molecule has 2 aliphatic heterocycles. The Morgan fingerprint density at radius 2 is 2.28 bits per heavy atom. The summed E-state index contributed by atoms with van der Waals surface area (Å²) in [6, 6.07) is 2.91. The third-order valence-electron chi connectivity index (χ3n) is 4.07. The SMILES string of the molecule is CC1CN2CCCC2CN1c1ncc(Cl)cc1N. The van der Waals surface area contributed by atoms with Crippen LogP contribution in [0.4, 0.5) is 11.5 Å². The Morgan fingerprint density at radius 1 is 1.44 bits per heavy atom. The van der Waals surface area contributed by atoms with Crippen LogP contribution in [0.3, 0.4) is 0 Å². The molecular weight excluding hydrogens is 248 g/mol. The van der Waals surface area contributed by atoms with E-state index in [1.54, 1.807) is 12.3 Å². The minimum Gasteiger partial charge on any atom is -0.396 e. The van der Waals surface area contributed by atoms with Crippen LogP contribution in [0, 0.1) is 0 Å². The highest BCUT2D eigenvalue weighted by atomic mass is 35.5. The van der Waals surface area contributed by atoms with E-state index < -0.39 is 0 Å². The maximum absolute atomic E-state index is 6.05. The van der Waals surface area contributed by atoms with E-state index in [2.05, 4.69) is 21.7 Å². The molecule has 1 aromatic heterocycles. The summed E-state index contributed by atoms with van der Waals surface area (Å²) in [6.45, 7) is 5.62. The van der Waals surface area contributed by atoms with E-state index in [1.807, 2.05) is 0 Å². The van der Waals surface area contributed by atoms with E-state index >= 15 is 0 Å². The molecule has 2 saturated heterocycles. The van der Waals surface area contributed by atoms with Crippen LogP contribution in [0.2, 0.25) is 5.02 Å². The number of nitrogens with zero attached hydrogens (tertiary/aromatic N) is 3. The second kappa shape index (κ2) is 4.59. The van der Waals surface area contributed by atoms with Gasteiger partial charge in [0.1, 0.15) is 0 Å². The third kappa shape index (κ3) is 2.04. The van der Waals surface area contributed by atoms with Crippen molar-refractivity contribution in [2.45, 2.75) is 31.8 Å². The number of hydrogen-bond acceptors (Lipinski definition) is 4. The van der Waals surface area contributed by atoms with Gasteiger partial charge in [-0.25, -0.2) is 4.98 Å². The van der Waals surface area contributed by atoms with Crippen LogP contribution < -0.4 is 10.6 Å². The Labute approximate surface area is 113 Å². The zero-order chi connectivity index (χ0) is 12.7. The lowest BCUT2D eigenvalue weighted by atomic mass is 10.1. The lowest BCUT2D eigenvalue weighted by molar-refractivity contribution is 0.202. The first-order chi connectivity index (χ1) is 8.65. The van der Waals surface area contributed by atoms with E-state index in [1.165, 1.54) is 19.4 Å². The first-order valence-corrected chi connectivity index (χ1v) is 6.94. The second-order valence-electron chi connectivity index (χ2n) is 5.36. The first kappa shape index (κ1) is 12.1. The average Bonchev–Trinajstić information content (AvgIpc) is 2.75. The van der Waals surface area contributed by atoms with Gasteiger partial charge in [0.2, 0.25) is 0 Å². The smallest absolute Gasteiger partial charge is 0.152 e. The first-order valence-electron chi connectivity index (χ1n) is 6.57. The summed E-state index contributed by atoms with van der Waals surface area (Å²) in [5.41, 5.74) is 6.73. The van der Waals surface area contributed by atoms with Gasteiger partial charge >= 0.3 is 0 Å². The van der Waals surface area contributed by atoms with Gasteiger partial charge in [-0.2, -0.15) is 0 Å². The number of hydrogen-bond donors (Lipinski definition) is 1. The van der Waals surface area contributed by atoms with Crippen LogP contribution in [0.15, 0.2) is 12.3 Å². The highest BCUT2D eigenvalue weighted by Gasteiger charge is 2.35. The molecule has 5 heteroatoms. The number of anilines is 2. The molecular formula is C13H19ClN4. The van der Waals surface area contributed by atoms with Crippen molar-refractivity contribution in [3.63, 3.8) is 0 Å². The highest BCUT2D eigenvalue weighted by Crippen LogP contribution is 2.31. The summed E-state index contributed by atoms with van der Waals surface area (Å²) in [6.07, 6.45) is 4.28. The number of nitrogens with two attached hydrogens (primary N) is 1. The minimum absolute atomic E-state index is 0.454. The summed E-state index contributed by atoms with van der Waals surface area (Å²) in [7, 11) is 0. The van der Waals surface area contributed by atoms with Crippen molar-refractivity contribution in [1.82, 2.24) is 9.88 Å². The van der Waals surface area contributed by atoms with E-state index in [4.69, 9.17) is 17.3 Å². The van der Waals surface area contributed by atoms with Gasteiger partial charge in [-0.15, -0.1) is 0 Å². The third-order valence-corrected chi connectivity index (χ3v) is 4.28. The van der Waals surface area contributed by atoms with Crippen molar-refractivity contribution in [2.75, 3.05) is 30.3 Å². The average molecular weight is 267 g/mol. The largest absolute Gasteiger partial charge is 0.396 e. The summed E-state index contributed by atoms with van der Waals surface area (Å²) in [5.74, 6) is 0.887. The van der Waals surface area contributed by atoms with Gasteiger partial charge in [0.25, 0.3) is 0 Å². The molecule has 1 aromatic rings. The number of fused-ring (bicyclic) bond motifs is 1. The number of rotatable bonds is 1. The lowest BCUT2D eigenvalue weighted by Crippen LogP contribution is -2.55. The molecule has 4 nitrogen and oxygen atoms in total. The molecule has 0 radical (unpaired) electrons. The van der Waals surface area contributed by atoms with E-state index in [0.29, 0.717) is 22.8 Å². The molecule has 3 rings (SSSR count). The standard InChI is InChI=1S/C13H19ClN4/c1-9-7-17-4-2-3-11(17)8-18(9)13-12(15)5-10(14)6-16-13/h5-6,9,11H,2-4,7-8,15H2,1H3. The Kier molecular flexibility index (Phi) is 3.08. The fourth-order valence-corrected chi connectivity index (χ4v) is 3.34. The van der Waals surface area contributed by atoms with Crippen molar-refractivity contribution in [3.8, 4) is 0 Å². The Balaban J connectivity index is 1.86. The topological polar surface area (TPSA) is 45.4 Å². The quantitative estimate of drug-likeness (QED) is 0.844. The molecule has 2 fully saturated rings. The predicted octanol–water partition coefficient (Wildman–Crippen LogP) is 1.99. The Bertz CT molecular complexity index is 451. The zero-order valence-electron chi connectivity index (χ0n) is 10.6. The van der Waals surface area contributed by atoms with Gasteiger partial charge in [0, 0.05) is 31.4 Å². The van der Waals surface area contributed by atoms with Crippen LogP contribution in [0.25, 0.3) is 0 Å². The minimum atomic E-state index is 0.454. The number of pyridine rings is 1. The van der Waals surface area contributed by atoms with Gasteiger partial charge in [0.05, 0.1) is 10.7 Å². The molecule has 0 bridgehead atoms. The van der Waals surface area contributed by atoms with Crippen LogP contribution in [0.1, 0.15) is 19.8 Å². The molecule has 2 unspecified atom stereocenters. The summed E-state index contributed by atoms with van der Waals surface area (Å²) >= 11 is 5.91. The molecule has 98 valence electrons.